The average Bonchev–Trinajstić information content (AvgIpc) is 2.89. The number of halogens is 3. The van der Waals surface area contributed by atoms with Gasteiger partial charge >= 0.3 is 0 Å². The molecule has 5 nitrogen and oxygen atoms in total. The van der Waals surface area contributed by atoms with Crippen LogP contribution in [0.25, 0.3) is 10.2 Å². The number of nitrogens with one attached hydrogen (secondary N) is 1. The molecule has 3 aromatic rings. The summed E-state index contributed by atoms with van der Waals surface area (Å²) in [7, 11) is 0. The third-order valence-electron chi connectivity index (χ3n) is 3.71. The molecule has 2 aromatic heterocycles. The summed E-state index contributed by atoms with van der Waals surface area (Å²) < 4.78 is 1.50. The van der Waals surface area contributed by atoms with Gasteiger partial charge in [0.1, 0.15) is 4.83 Å². The van der Waals surface area contributed by atoms with Gasteiger partial charge in [0.2, 0.25) is 0 Å². The minimum atomic E-state index is -0.408. The van der Waals surface area contributed by atoms with E-state index in [1.807, 2.05) is 6.92 Å². The lowest BCUT2D eigenvalue weighted by Crippen LogP contribution is -2.19. The molecular formula is C16H12Cl3N3O2S. The molecule has 0 saturated heterocycles. The van der Waals surface area contributed by atoms with Gasteiger partial charge in [-0.1, -0.05) is 34.8 Å². The highest BCUT2D eigenvalue weighted by Crippen LogP contribution is 2.35. The van der Waals surface area contributed by atoms with Gasteiger partial charge in [0.25, 0.3) is 11.5 Å². The fourth-order valence-electron chi connectivity index (χ4n) is 2.43. The van der Waals surface area contributed by atoms with Crippen molar-refractivity contribution in [3.05, 3.63) is 54.3 Å². The molecule has 130 valence electrons. The Hall–Kier alpha value is -1.60. The third-order valence-corrected chi connectivity index (χ3v) is 5.72. The Balaban J connectivity index is 2.06. The number of anilines is 1. The van der Waals surface area contributed by atoms with Crippen molar-refractivity contribution in [3.63, 3.8) is 0 Å². The normalized spacial score (nSPS) is 11.1. The maximum atomic E-state index is 12.7. The van der Waals surface area contributed by atoms with Gasteiger partial charge in [0.15, 0.2) is 0 Å². The molecular weight excluding hydrogens is 405 g/mol. The number of aromatic nitrogens is 2. The molecule has 9 heteroatoms. The molecule has 1 amide bonds. The molecule has 0 bridgehead atoms. The van der Waals surface area contributed by atoms with Crippen LogP contribution in [0.1, 0.15) is 22.2 Å². The summed E-state index contributed by atoms with van der Waals surface area (Å²) in [6.07, 6.45) is 1.48. The van der Waals surface area contributed by atoms with E-state index in [9.17, 15) is 9.59 Å². The summed E-state index contributed by atoms with van der Waals surface area (Å²) in [5, 5.41) is 3.97. The number of amides is 1. The van der Waals surface area contributed by atoms with Gasteiger partial charge in [-0.3, -0.25) is 14.2 Å². The zero-order valence-electron chi connectivity index (χ0n) is 13.2. The molecule has 1 N–H and O–H groups in total. The predicted molar refractivity (Wildman–Crippen MR) is 104 cm³/mol. The highest BCUT2D eigenvalue weighted by Gasteiger charge is 2.21. The van der Waals surface area contributed by atoms with E-state index in [0.29, 0.717) is 32.2 Å². The Bertz CT molecular complexity index is 1040. The van der Waals surface area contributed by atoms with Crippen molar-refractivity contribution in [1.82, 2.24) is 9.55 Å². The van der Waals surface area contributed by atoms with E-state index in [0.717, 1.165) is 11.3 Å². The Labute approximate surface area is 162 Å². The first-order chi connectivity index (χ1) is 11.8. The van der Waals surface area contributed by atoms with Crippen LogP contribution in [0.5, 0.6) is 0 Å². The van der Waals surface area contributed by atoms with Crippen LogP contribution in [-0.4, -0.2) is 15.5 Å². The number of nitrogens with zero attached hydrogens (tertiary/aromatic N) is 2. The second-order valence-corrected chi connectivity index (χ2v) is 7.52. The van der Waals surface area contributed by atoms with Crippen LogP contribution in [0.15, 0.2) is 23.3 Å². The van der Waals surface area contributed by atoms with Crippen molar-refractivity contribution in [2.45, 2.75) is 20.4 Å². The zero-order chi connectivity index (χ0) is 18.3. The monoisotopic (exact) mass is 415 g/mol. The summed E-state index contributed by atoms with van der Waals surface area (Å²) in [5.74, 6) is -0.408. The first-order valence-corrected chi connectivity index (χ1v) is 9.23. The molecule has 2 heterocycles. The van der Waals surface area contributed by atoms with Gasteiger partial charge in [0, 0.05) is 11.6 Å². The van der Waals surface area contributed by atoms with Crippen LogP contribution in [0.3, 0.4) is 0 Å². The number of thiophene rings is 1. The summed E-state index contributed by atoms with van der Waals surface area (Å²) in [4.78, 5) is 30.3. The Morgan fingerprint density at radius 1 is 1.28 bits per heavy atom. The summed E-state index contributed by atoms with van der Waals surface area (Å²) >= 11 is 19.2. The summed E-state index contributed by atoms with van der Waals surface area (Å²) in [5.41, 5.74) is 0.690. The molecule has 3 rings (SSSR count). The van der Waals surface area contributed by atoms with Gasteiger partial charge in [0.05, 0.1) is 32.3 Å². The van der Waals surface area contributed by atoms with Gasteiger partial charge in [-0.05, 0) is 31.5 Å². The topological polar surface area (TPSA) is 64.0 Å². The molecule has 0 unspecified atom stereocenters. The molecule has 0 fully saturated rings. The number of hydrogen-bond acceptors (Lipinski definition) is 4. The van der Waals surface area contributed by atoms with Crippen molar-refractivity contribution in [2.24, 2.45) is 0 Å². The Kier molecular flexibility index (Phi) is 5.06. The van der Waals surface area contributed by atoms with Crippen LogP contribution < -0.4 is 10.9 Å². The molecule has 0 aliphatic carbocycles. The molecule has 0 aliphatic rings. The van der Waals surface area contributed by atoms with E-state index in [1.54, 1.807) is 6.92 Å². The van der Waals surface area contributed by atoms with E-state index in [-0.39, 0.29) is 21.3 Å². The van der Waals surface area contributed by atoms with Crippen molar-refractivity contribution < 1.29 is 4.79 Å². The van der Waals surface area contributed by atoms with Crippen molar-refractivity contribution in [1.29, 1.82) is 0 Å². The fraction of sp³-hybridized carbons (Fsp3) is 0.188. The summed E-state index contributed by atoms with van der Waals surface area (Å²) in [6, 6.07) is 2.98. The lowest BCUT2D eigenvalue weighted by molar-refractivity contribution is 0.103. The lowest BCUT2D eigenvalue weighted by Gasteiger charge is -2.09. The largest absolute Gasteiger partial charge is 0.319 e. The second kappa shape index (κ2) is 6.96. The number of benzene rings is 1. The van der Waals surface area contributed by atoms with Gasteiger partial charge in [-0.25, -0.2) is 4.98 Å². The SMILES string of the molecule is CCn1cnc2sc(C(=O)Nc3c(Cl)cc(Cl)cc3Cl)c(C)c2c1=O. The van der Waals surface area contributed by atoms with Gasteiger partial charge in [-0.2, -0.15) is 0 Å². The maximum Gasteiger partial charge on any atom is 0.266 e. The van der Waals surface area contributed by atoms with E-state index in [1.165, 1.54) is 23.0 Å². The van der Waals surface area contributed by atoms with Crippen LogP contribution in [0.2, 0.25) is 15.1 Å². The average molecular weight is 417 g/mol. The van der Waals surface area contributed by atoms with Crippen molar-refractivity contribution in [2.75, 3.05) is 5.32 Å². The van der Waals surface area contributed by atoms with Crippen LogP contribution in [0, 0.1) is 6.92 Å². The van der Waals surface area contributed by atoms with Crippen LogP contribution >= 0.6 is 46.1 Å². The van der Waals surface area contributed by atoms with E-state index >= 15 is 0 Å². The molecule has 0 radical (unpaired) electrons. The zero-order valence-corrected chi connectivity index (χ0v) is 16.3. The molecule has 0 spiro atoms. The van der Waals surface area contributed by atoms with Crippen LogP contribution in [0.4, 0.5) is 5.69 Å². The molecule has 0 aliphatic heterocycles. The second-order valence-electron chi connectivity index (χ2n) is 5.27. The number of aryl methyl sites for hydroxylation is 2. The standard InChI is InChI=1S/C16H12Cl3N3O2S/c1-3-22-6-20-15-11(16(22)24)7(2)13(25-15)14(23)21-12-9(18)4-8(17)5-10(12)19/h4-6H,3H2,1-2H3,(H,21,23). The quantitative estimate of drug-likeness (QED) is 0.653. The van der Waals surface area contributed by atoms with Gasteiger partial charge in [-0.15, -0.1) is 11.3 Å². The first kappa shape index (κ1) is 18.2. The number of rotatable bonds is 3. The molecule has 1 aromatic carbocycles. The molecule has 0 saturated carbocycles. The minimum absolute atomic E-state index is 0.164. The number of carbonyl (C=O) groups excluding carboxylic acids is 1. The molecule has 0 atom stereocenters. The van der Waals surface area contributed by atoms with E-state index in [4.69, 9.17) is 34.8 Å². The summed E-state index contributed by atoms with van der Waals surface area (Å²) in [6.45, 7) is 4.09. The highest BCUT2D eigenvalue weighted by molar-refractivity contribution is 7.20. The Morgan fingerprint density at radius 2 is 1.92 bits per heavy atom. The van der Waals surface area contributed by atoms with Crippen molar-refractivity contribution >= 4 is 68.0 Å². The molecule has 25 heavy (non-hydrogen) atoms. The fourth-order valence-corrected chi connectivity index (χ4v) is 4.38. The number of hydrogen-bond donors (Lipinski definition) is 1. The Morgan fingerprint density at radius 3 is 2.52 bits per heavy atom. The maximum absolute atomic E-state index is 12.7. The lowest BCUT2D eigenvalue weighted by atomic mass is 10.2. The third kappa shape index (κ3) is 3.27. The van der Waals surface area contributed by atoms with Gasteiger partial charge < -0.3 is 5.32 Å². The minimum Gasteiger partial charge on any atom is -0.319 e. The van der Waals surface area contributed by atoms with E-state index < -0.39 is 5.91 Å². The van der Waals surface area contributed by atoms with Crippen LogP contribution in [-0.2, 0) is 6.54 Å². The number of fused-ring (bicyclic) bond motifs is 1. The van der Waals surface area contributed by atoms with E-state index in [2.05, 4.69) is 10.3 Å². The first-order valence-electron chi connectivity index (χ1n) is 7.28. The van der Waals surface area contributed by atoms with Crippen molar-refractivity contribution in [3.8, 4) is 0 Å². The predicted octanol–water partition coefficient (Wildman–Crippen LogP) is 5.00. The highest BCUT2D eigenvalue weighted by atomic mass is 35.5. The number of carbonyl (C=O) groups is 1. The smallest absolute Gasteiger partial charge is 0.266 e.